The third kappa shape index (κ3) is 3.74. The van der Waals surface area contributed by atoms with Crippen LogP contribution in [0.25, 0.3) is 11.1 Å². The third-order valence-electron chi connectivity index (χ3n) is 3.49. The lowest BCUT2D eigenvalue weighted by molar-refractivity contribution is -0.384. The first kappa shape index (κ1) is 14.8. The summed E-state index contributed by atoms with van der Waals surface area (Å²) in [6, 6.07) is 24.4. The first-order valence-electron chi connectivity index (χ1n) is 7.24. The molecule has 0 aliphatic heterocycles. The first-order chi connectivity index (χ1) is 11.2. The molecule has 23 heavy (non-hydrogen) atoms. The van der Waals surface area contributed by atoms with Crippen molar-refractivity contribution in [2.24, 2.45) is 0 Å². The van der Waals surface area contributed by atoms with Gasteiger partial charge in [-0.2, -0.15) is 0 Å². The minimum absolute atomic E-state index is 0.0296. The molecule has 0 amide bonds. The predicted octanol–water partition coefficient (Wildman–Crippen LogP) is 4.84. The lowest BCUT2D eigenvalue weighted by Crippen LogP contribution is -1.96. The number of benzene rings is 3. The van der Waals surface area contributed by atoms with Crippen LogP contribution in [-0.2, 0) is 6.61 Å². The smallest absolute Gasteiger partial charge is 0.273 e. The van der Waals surface area contributed by atoms with Gasteiger partial charge in [0.25, 0.3) is 5.69 Å². The molecule has 0 fully saturated rings. The van der Waals surface area contributed by atoms with Crippen LogP contribution in [0, 0.1) is 10.1 Å². The van der Waals surface area contributed by atoms with Gasteiger partial charge in [-0.3, -0.25) is 10.1 Å². The van der Waals surface area contributed by atoms with E-state index in [-0.39, 0.29) is 5.69 Å². The minimum atomic E-state index is -0.429. The van der Waals surface area contributed by atoms with Gasteiger partial charge in [-0.25, -0.2) is 0 Å². The van der Waals surface area contributed by atoms with E-state index >= 15 is 0 Å². The van der Waals surface area contributed by atoms with E-state index in [0.717, 1.165) is 11.1 Å². The van der Waals surface area contributed by atoms with Gasteiger partial charge in [-0.05, 0) is 22.8 Å². The van der Waals surface area contributed by atoms with Gasteiger partial charge in [0.1, 0.15) is 12.4 Å². The lowest BCUT2D eigenvalue weighted by atomic mass is 10.0. The summed E-state index contributed by atoms with van der Waals surface area (Å²) in [4.78, 5) is 10.3. The molecule has 3 aromatic rings. The number of hydrogen-bond acceptors (Lipinski definition) is 3. The Bertz CT molecular complexity index is 798. The van der Waals surface area contributed by atoms with Crippen molar-refractivity contribution < 1.29 is 9.66 Å². The molecular formula is C19H15NO3. The fraction of sp³-hybridized carbons (Fsp3) is 0.0526. The summed E-state index contributed by atoms with van der Waals surface area (Å²) < 4.78 is 5.62. The second-order valence-corrected chi connectivity index (χ2v) is 5.11. The Morgan fingerprint density at radius 3 is 2.22 bits per heavy atom. The van der Waals surface area contributed by atoms with Crippen molar-refractivity contribution in [3.05, 3.63) is 94.5 Å². The number of nitrogens with zero attached hydrogens (tertiary/aromatic N) is 1. The Morgan fingerprint density at radius 1 is 0.826 bits per heavy atom. The predicted molar refractivity (Wildman–Crippen MR) is 89.3 cm³/mol. The summed E-state index contributed by atoms with van der Waals surface area (Å²) in [7, 11) is 0. The van der Waals surface area contributed by atoms with Crippen molar-refractivity contribution in [3.63, 3.8) is 0 Å². The summed E-state index contributed by atoms with van der Waals surface area (Å²) in [6.45, 7) is 0.371. The zero-order valence-electron chi connectivity index (χ0n) is 12.4. The van der Waals surface area contributed by atoms with Crippen molar-refractivity contribution in [2.45, 2.75) is 6.61 Å². The molecule has 0 saturated heterocycles. The van der Waals surface area contributed by atoms with Gasteiger partial charge in [0.2, 0.25) is 0 Å². The van der Waals surface area contributed by atoms with E-state index in [1.54, 1.807) is 12.1 Å². The topological polar surface area (TPSA) is 52.4 Å². The van der Waals surface area contributed by atoms with Gasteiger partial charge in [0.05, 0.1) is 11.0 Å². The van der Waals surface area contributed by atoms with Gasteiger partial charge in [0.15, 0.2) is 0 Å². The Morgan fingerprint density at radius 2 is 1.52 bits per heavy atom. The molecule has 0 aromatic heterocycles. The van der Waals surface area contributed by atoms with Crippen molar-refractivity contribution >= 4 is 5.69 Å². The van der Waals surface area contributed by atoms with Crippen LogP contribution in [0.15, 0.2) is 78.9 Å². The molecule has 0 atom stereocenters. The van der Waals surface area contributed by atoms with Crippen LogP contribution in [0.2, 0.25) is 0 Å². The van der Waals surface area contributed by atoms with Crippen molar-refractivity contribution in [1.82, 2.24) is 0 Å². The van der Waals surface area contributed by atoms with Gasteiger partial charge in [-0.1, -0.05) is 60.7 Å². The van der Waals surface area contributed by atoms with Crippen molar-refractivity contribution in [3.8, 4) is 16.9 Å². The van der Waals surface area contributed by atoms with Crippen molar-refractivity contribution in [1.29, 1.82) is 0 Å². The number of hydrogen-bond donors (Lipinski definition) is 0. The van der Waals surface area contributed by atoms with Crippen LogP contribution in [-0.4, -0.2) is 4.92 Å². The van der Waals surface area contributed by atoms with E-state index in [1.807, 2.05) is 42.5 Å². The zero-order chi connectivity index (χ0) is 16.1. The van der Waals surface area contributed by atoms with Crippen LogP contribution in [0.1, 0.15) is 5.56 Å². The van der Waals surface area contributed by atoms with Crippen molar-refractivity contribution in [2.75, 3.05) is 0 Å². The van der Waals surface area contributed by atoms with Gasteiger partial charge < -0.3 is 4.74 Å². The SMILES string of the molecule is O=[N+]([O-])c1cccc(OCc2ccc(-c3ccccc3)cc2)c1. The highest BCUT2D eigenvalue weighted by Crippen LogP contribution is 2.22. The Kier molecular flexibility index (Phi) is 4.34. The fourth-order valence-corrected chi connectivity index (χ4v) is 2.28. The fourth-order valence-electron chi connectivity index (χ4n) is 2.28. The number of nitro groups is 1. The van der Waals surface area contributed by atoms with E-state index in [0.29, 0.717) is 12.4 Å². The normalized spacial score (nSPS) is 10.3. The molecule has 0 bridgehead atoms. The second-order valence-electron chi connectivity index (χ2n) is 5.11. The average molecular weight is 305 g/mol. The minimum Gasteiger partial charge on any atom is -0.489 e. The highest BCUT2D eigenvalue weighted by molar-refractivity contribution is 5.63. The molecule has 3 rings (SSSR count). The summed E-state index contributed by atoms with van der Waals surface area (Å²) in [5, 5.41) is 10.7. The van der Waals surface area contributed by atoms with E-state index in [9.17, 15) is 10.1 Å². The molecule has 0 saturated carbocycles. The molecule has 0 spiro atoms. The Balaban J connectivity index is 1.67. The van der Waals surface area contributed by atoms with E-state index in [2.05, 4.69) is 12.1 Å². The molecule has 4 heteroatoms. The van der Waals surface area contributed by atoms with E-state index in [4.69, 9.17) is 4.74 Å². The number of rotatable bonds is 5. The molecule has 4 nitrogen and oxygen atoms in total. The maximum absolute atomic E-state index is 10.7. The van der Waals surface area contributed by atoms with Crippen LogP contribution >= 0.6 is 0 Å². The molecule has 0 heterocycles. The number of nitro benzene ring substituents is 1. The van der Waals surface area contributed by atoms with Gasteiger partial charge >= 0.3 is 0 Å². The lowest BCUT2D eigenvalue weighted by Gasteiger charge is -2.07. The summed E-state index contributed by atoms with van der Waals surface area (Å²) in [5.74, 6) is 0.492. The van der Waals surface area contributed by atoms with E-state index < -0.39 is 4.92 Å². The molecule has 3 aromatic carbocycles. The molecule has 0 aliphatic carbocycles. The molecule has 0 N–H and O–H groups in total. The monoisotopic (exact) mass is 305 g/mol. The van der Waals surface area contributed by atoms with Crippen LogP contribution in [0.3, 0.4) is 0 Å². The molecular weight excluding hydrogens is 290 g/mol. The summed E-state index contributed by atoms with van der Waals surface area (Å²) >= 11 is 0. The number of non-ortho nitro benzene ring substituents is 1. The first-order valence-corrected chi connectivity index (χ1v) is 7.24. The largest absolute Gasteiger partial charge is 0.489 e. The number of ether oxygens (including phenoxy) is 1. The Hall–Kier alpha value is -3.14. The van der Waals surface area contributed by atoms with Crippen LogP contribution in [0.4, 0.5) is 5.69 Å². The highest BCUT2D eigenvalue weighted by Gasteiger charge is 2.06. The average Bonchev–Trinajstić information content (AvgIpc) is 2.61. The molecule has 0 radical (unpaired) electrons. The summed E-state index contributed by atoms with van der Waals surface area (Å²) in [5.41, 5.74) is 3.35. The maximum atomic E-state index is 10.7. The Labute approximate surface area is 134 Å². The highest BCUT2D eigenvalue weighted by atomic mass is 16.6. The standard InChI is InChI=1S/C19H15NO3/c21-20(22)18-7-4-8-19(13-18)23-14-15-9-11-17(12-10-15)16-5-2-1-3-6-16/h1-13H,14H2. The molecule has 114 valence electrons. The van der Waals surface area contributed by atoms with Crippen LogP contribution in [0.5, 0.6) is 5.75 Å². The van der Waals surface area contributed by atoms with Crippen LogP contribution < -0.4 is 4.74 Å². The zero-order valence-corrected chi connectivity index (χ0v) is 12.4. The van der Waals surface area contributed by atoms with E-state index in [1.165, 1.54) is 17.7 Å². The second kappa shape index (κ2) is 6.75. The quantitative estimate of drug-likeness (QED) is 0.500. The summed E-state index contributed by atoms with van der Waals surface area (Å²) in [6.07, 6.45) is 0. The molecule has 0 aliphatic rings. The van der Waals surface area contributed by atoms with Gasteiger partial charge in [-0.15, -0.1) is 0 Å². The molecule has 0 unspecified atom stereocenters. The third-order valence-corrected chi connectivity index (χ3v) is 3.49. The van der Waals surface area contributed by atoms with Gasteiger partial charge in [0, 0.05) is 6.07 Å². The maximum Gasteiger partial charge on any atom is 0.273 e.